The molecule has 2 nitrogen and oxygen atoms in total. The Bertz CT molecular complexity index is 715. The number of rotatable bonds is 7. The van der Waals surface area contributed by atoms with Crippen molar-refractivity contribution in [3.63, 3.8) is 0 Å². The summed E-state index contributed by atoms with van der Waals surface area (Å²) in [6.45, 7) is 9.77. The van der Waals surface area contributed by atoms with E-state index in [-0.39, 0.29) is 38.8 Å². The Balaban J connectivity index is 0.00000261. The van der Waals surface area contributed by atoms with Crippen molar-refractivity contribution in [2.75, 3.05) is 13.1 Å². The minimum Gasteiger partial charge on any atom is -0.311 e. The van der Waals surface area contributed by atoms with Crippen molar-refractivity contribution < 1.29 is 42.0 Å². The number of benzene rings is 1. The van der Waals surface area contributed by atoms with Gasteiger partial charge < -0.3 is 4.48 Å². The van der Waals surface area contributed by atoms with Crippen LogP contribution in [0.5, 0.6) is 0 Å². The van der Waals surface area contributed by atoms with E-state index in [2.05, 4.69) is 55.8 Å². The SMILES string of the molecule is CCC(C(=O)Cc1c(C)cccc1C)[N+]1(Cc2ccsc2)CCCCC1.[Y]. The summed E-state index contributed by atoms with van der Waals surface area (Å²) in [6.07, 6.45) is 5.33. The molecule has 2 heterocycles. The molecule has 1 aliphatic heterocycles. The van der Waals surface area contributed by atoms with Crippen molar-refractivity contribution in [2.24, 2.45) is 0 Å². The molecule has 1 saturated heterocycles. The molecule has 1 aliphatic rings. The first-order valence-electron chi connectivity index (χ1n) is 10.0. The Labute approximate surface area is 193 Å². The third kappa shape index (κ3) is 5.38. The van der Waals surface area contributed by atoms with Crippen molar-refractivity contribution in [1.29, 1.82) is 0 Å². The Hall–Kier alpha value is -0.346. The number of carbonyl (C=O) groups is 1. The molecule has 143 valence electrons. The number of thiophene rings is 1. The van der Waals surface area contributed by atoms with Gasteiger partial charge in [0.25, 0.3) is 0 Å². The normalized spacial score (nSPS) is 17.1. The quantitative estimate of drug-likeness (QED) is 0.503. The first-order chi connectivity index (χ1) is 12.6. The topological polar surface area (TPSA) is 17.1 Å². The van der Waals surface area contributed by atoms with E-state index in [0.29, 0.717) is 12.2 Å². The smallest absolute Gasteiger partial charge is 0.194 e. The van der Waals surface area contributed by atoms with Crippen molar-refractivity contribution in [3.8, 4) is 0 Å². The molecule has 0 saturated carbocycles. The first kappa shape index (κ1) is 22.9. The molecule has 2 aromatic rings. The van der Waals surface area contributed by atoms with Gasteiger partial charge in [0, 0.05) is 51.1 Å². The molecule has 1 atom stereocenters. The third-order valence-electron chi connectivity index (χ3n) is 6.20. The maximum atomic E-state index is 13.5. The molecule has 0 aliphatic carbocycles. The second-order valence-corrected chi connectivity index (χ2v) is 8.73. The monoisotopic (exact) mass is 459 g/mol. The molecule has 27 heavy (non-hydrogen) atoms. The molecular formula is C23H32NOSY+. The molecule has 0 amide bonds. The number of aryl methyl sites for hydroxylation is 2. The van der Waals surface area contributed by atoms with E-state index in [1.54, 1.807) is 11.3 Å². The summed E-state index contributed by atoms with van der Waals surface area (Å²) in [4.78, 5) is 13.5. The number of piperidine rings is 1. The maximum absolute atomic E-state index is 13.5. The molecule has 0 spiro atoms. The average Bonchev–Trinajstić information content (AvgIpc) is 3.12. The van der Waals surface area contributed by atoms with Gasteiger partial charge in [0.1, 0.15) is 12.6 Å². The number of quaternary nitrogens is 1. The van der Waals surface area contributed by atoms with Crippen LogP contribution in [0.2, 0.25) is 0 Å². The minimum absolute atomic E-state index is 0. The second-order valence-electron chi connectivity index (χ2n) is 7.95. The summed E-state index contributed by atoms with van der Waals surface area (Å²) >= 11 is 1.77. The fourth-order valence-electron chi connectivity index (χ4n) is 4.81. The average molecular weight is 459 g/mol. The molecule has 1 fully saturated rings. The largest absolute Gasteiger partial charge is 0.311 e. The van der Waals surface area contributed by atoms with Gasteiger partial charge in [-0.2, -0.15) is 11.3 Å². The van der Waals surface area contributed by atoms with Crippen molar-refractivity contribution in [1.82, 2.24) is 0 Å². The number of carbonyl (C=O) groups excluding carboxylic acids is 1. The van der Waals surface area contributed by atoms with Gasteiger partial charge in [-0.25, -0.2) is 0 Å². The van der Waals surface area contributed by atoms with Gasteiger partial charge >= 0.3 is 0 Å². The zero-order valence-electron chi connectivity index (χ0n) is 17.0. The summed E-state index contributed by atoms with van der Waals surface area (Å²) in [5, 5.41) is 4.42. The molecular weight excluding hydrogens is 427 g/mol. The van der Waals surface area contributed by atoms with Crippen LogP contribution in [0.1, 0.15) is 54.9 Å². The number of hydrogen-bond donors (Lipinski definition) is 0. The van der Waals surface area contributed by atoms with Crippen LogP contribution < -0.4 is 0 Å². The Morgan fingerprint density at radius 2 is 1.78 bits per heavy atom. The van der Waals surface area contributed by atoms with Crippen molar-refractivity contribution in [3.05, 3.63) is 57.3 Å². The van der Waals surface area contributed by atoms with Crippen LogP contribution in [0.25, 0.3) is 0 Å². The van der Waals surface area contributed by atoms with Crippen molar-refractivity contribution >= 4 is 17.1 Å². The van der Waals surface area contributed by atoms with Crippen LogP contribution in [-0.4, -0.2) is 29.4 Å². The van der Waals surface area contributed by atoms with Gasteiger partial charge in [-0.3, -0.25) is 4.79 Å². The molecule has 0 bridgehead atoms. The van der Waals surface area contributed by atoms with Crippen LogP contribution >= 0.6 is 11.3 Å². The molecule has 0 N–H and O–H groups in total. The van der Waals surface area contributed by atoms with Gasteiger partial charge in [0.2, 0.25) is 0 Å². The van der Waals surface area contributed by atoms with Gasteiger partial charge in [-0.05, 0) is 66.6 Å². The van der Waals surface area contributed by atoms with Gasteiger partial charge in [-0.15, -0.1) is 0 Å². The van der Waals surface area contributed by atoms with Gasteiger partial charge in [0.15, 0.2) is 5.78 Å². The second kappa shape index (κ2) is 10.4. The summed E-state index contributed by atoms with van der Waals surface area (Å²) in [7, 11) is 0. The number of hydrogen-bond acceptors (Lipinski definition) is 2. The van der Waals surface area contributed by atoms with Gasteiger partial charge in [0.05, 0.1) is 13.1 Å². The Morgan fingerprint density at radius 3 is 2.33 bits per heavy atom. The van der Waals surface area contributed by atoms with E-state index in [4.69, 9.17) is 0 Å². The maximum Gasteiger partial charge on any atom is 0.194 e. The number of nitrogens with zero attached hydrogens (tertiary/aromatic N) is 1. The number of likely N-dealkylation sites (tertiary alicyclic amines) is 1. The van der Waals surface area contributed by atoms with Gasteiger partial charge in [-0.1, -0.05) is 25.1 Å². The molecule has 1 radical (unpaired) electrons. The van der Waals surface area contributed by atoms with E-state index in [0.717, 1.165) is 30.5 Å². The Kier molecular flexibility index (Phi) is 8.87. The summed E-state index contributed by atoms with van der Waals surface area (Å²) in [6, 6.07) is 8.71. The molecule has 1 aromatic carbocycles. The predicted molar refractivity (Wildman–Crippen MR) is 111 cm³/mol. The number of Topliss-reactive ketones (excluding diaryl/α,β-unsaturated/α-hetero) is 1. The van der Waals surface area contributed by atoms with Crippen LogP contribution in [-0.2, 0) is 50.5 Å². The van der Waals surface area contributed by atoms with Crippen molar-refractivity contribution in [2.45, 2.75) is 65.5 Å². The third-order valence-corrected chi connectivity index (χ3v) is 6.93. The fraction of sp³-hybridized carbons (Fsp3) is 0.522. The van der Waals surface area contributed by atoms with E-state index in [9.17, 15) is 4.79 Å². The molecule has 3 rings (SSSR count). The summed E-state index contributed by atoms with van der Waals surface area (Å²) in [5.41, 5.74) is 5.13. The minimum atomic E-state index is 0. The summed E-state index contributed by atoms with van der Waals surface area (Å²) in [5.74, 6) is 0.432. The van der Waals surface area contributed by atoms with Crippen LogP contribution in [0.3, 0.4) is 0 Å². The van der Waals surface area contributed by atoms with Crippen LogP contribution in [0, 0.1) is 13.8 Å². The Morgan fingerprint density at radius 1 is 1.11 bits per heavy atom. The zero-order valence-corrected chi connectivity index (χ0v) is 20.7. The van der Waals surface area contributed by atoms with Crippen LogP contribution in [0.15, 0.2) is 35.0 Å². The molecule has 1 aromatic heterocycles. The summed E-state index contributed by atoms with van der Waals surface area (Å²) < 4.78 is 0.969. The molecule has 1 unspecified atom stereocenters. The van der Waals surface area contributed by atoms with E-state index in [1.807, 2.05) is 0 Å². The van der Waals surface area contributed by atoms with E-state index in [1.165, 1.54) is 41.5 Å². The zero-order chi connectivity index (χ0) is 18.6. The fourth-order valence-corrected chi connectivity index (χ4v) is 5.47. The van der Waals surface area contributed by atoms with Crippen LogP contribution in [0.4, 0.5) is 0 Å². The number of ketones is 1. The predicted octanol–water partition coefficient (Wildman–Crippen LogP) is 5.45. The molecule has 4 heteroatoms. The first-order valence-corrected chi connectivity index (χ1v) is 10.9. The van der Waals surface area contributed by atoms with E-state index < -0.39 is 0 Å². The standard InChI is InChI=1S/C23H32NOS.Y/c1-4-22(23(25)15-21-18(2)9-8-10-19(21)3)24(12-6-5-7-13-24)16-20-11-14-26-17-20;/h8-11,14,17,22H,4-7,12-13,15-16H2,1-3H3;/q+1;. The van der Waals surface area contributed by atoms with E-state index >= 15 is 0 Å².